The molecule has 0 unspecified atom stereocenters. The average molecular weight is 343 g/mol. The lowest BCUT2D eigenvalue weighted by molar-refractivity contribution is 0.0300. The van der Waals surface area contributed by atoms with Crippen LogP contribution in [0.4, 0.5) is 0 Å². The highest BCUT2D eigenvalue weighted by molar-refractivity contribution is 9.10. The molecule has 0 amide bonds. The third-order valence-electron chi connectivity index (χ3n) is 4.07. The number of hydrogen-bond donors (Lipinski definition) is 1. The quantitative estimate of drug-likeness (QED) is 0.859. The van der Waals surface area contributed by atoms with Crippen molar-refractivity contribution in [1.82, 2.24) is 0 Å². The Morgan fingerprint density at radius 3 is 2.62 bits per heavy atom. The highest BCUT2D eigenvalue weighted by Gasteiger charge is 2.49. The molecule has 1 aliphatic rings. The fourth-order valence-corrected chi connectivity index (χ4v) is 3.46. The summed E-state index contributed by atoms with van der Waals surface area (Å²) >= 11 is 3.41. The van der Waals surface area contributed by atoms with Gasteiger partial charge in [-0.1, -0.05) is 52.3 Å². The predicted octanol–water partition coefficient (Wildman–Crippen LogP) is 3.89. The maximum atomic E-state index is 12.7. The van der Waals surface area contributed by atoms with Crippen molar-refractivity contribution in [2.75, 3.05) is 0 Å². The standard InChI is InChI=1S/C18H15BrO2/c1-2-16(12-6-4-3-5-7-12)18(21)11-13-10-14(19)8-9-15(13)17(18)20/h2-10,16,21H,1,11H2/t16-,18-/m1/s1. The van der Waals surface area contributed by atoms with E-state index in [4.69, 9.17) is 0 Å². The van der Waals surface area contributed by atoms with Gasteiger partial charge in [-0.3, -0.25) is 4.79 Å². The van der Waals surface area contributed by atoms with E-state index in [1.54, 1.807) is 12.1 Å². The molecule has 0 saturated heterocycles. The molecule has 2 aromatic carbocycles. The minimum atomic E-state index is -1.45. The molecule has 106 valence electrons. The van der Waals surface area contributed by atoms with E-state index in [0.717, 1.165) is 15.6 Å². The van der Waals surface area contributed by atoms with E-state index in [1.807, 2.05) is 42.5 Å². The molecule has 0 aliphatic heterocycles. The largest absolute Gasteiger partial charge is 0.380 e. The summed E-state index contributed by atoms with van der Waals surface area (Å²) < 4.78 is 0.910. The van der Waals surface area contributed by atoms with Gasteiger partial charge in [0.25, 0.3) is 0 Å². The first-order valence-corrected chi connectivity index (χ1v) is 7.58. The zero-order chi connectivity index (χ0) is 15.0. The Kier molecular flexibility index (Phi) is 3.56. The summed E-state index contributed by atoms with van der Waals surface area (Å²) in [5, 5.41) is 11.0. The number of benzene rings is 2. The monoisotopic (exact) mass is 342 g/mol. The van der Waals surface area contributed by atoms with Gasteiger partial charge in [0.2, 0.25) is 0 Å². The lowest BCUT2D eigenvalue weighted by Crippen LogP contribution is -2.41. The molecule has 2 nitrogen and oxygen atoms in total. The molecule has 3 heteroatoms. The minimum absolute atomic E-state index is 0.223. The third-order valence-corrected chi connectivity index (χ3v) is 4.57. The van der Waals surface area contributed by atoms with Crippen LogP contribution in [0.3, 0.4) is 0 Å². The first-order chi connectivity index (χ1) is 10.1. The Balaban J connectivity index is 2.06. The number of ketones is 1. The fourth-order valence-electron chi connectivity index (χ4n) is 3.05. The zero-order valence-corrected chi connectivity index (χ0v) is 13.0. The van der Waals surface area contributed by atoms with E-state index >= 15 is 0 Å². The normalized spacial score (nSPS) is 21.9. The topological polar surface area (TPSA) is 37.3 Å². The molecule has 2 aromatic rings. The number of Topliss-reactive ketones (excluding diaryl/α,β-unsaturated/α-hetero) is 1. The first kappa shape index (κ1) is 14.2. The van der Waals surface area contributed by atoms with Crippen LogP contribution < -0.4 is 0 Å². The van der Waals surface area contributed by atoms with Crippen LogP contribution in [-0.2, 0) is 6.42 Å². The SMILES string of the molecule is C=C[C@H](c1ccccc1)[C@]1(O)Cc2cc(Br)ccc2C1=O. The second kappa shape index (κ2) is 5.24. The van der Waals surface area contributed by atoms with Gasteiger partial charge in [0, 0.05) is 22.4 Å². The van der Waals surface area contributed by atoms with Crippen LogP contribution in [0.5, 0.6) is 0 Å². The summed E-state index contributed by atoms with van der Waals surface area (Å²) in [6, 6.07) is 15.0. The number of halogens is 1. The molecule has 21 heavy (non-hydrogen) atoms. The van der Waals surface area contributed by atoms with Gasteiger partial charge in [-0.05, 0) is 29.3 Å². The number of carbonyl (C=O) groups is 1. The number of hydrogen-bond acceptors (Lipinski definition) is 2. The summed E-state index contributed by atoms with van der Waals surface area (Å²) in [5.74, 6) is -0.642. The molecule has 0 bridgehead atoms. The van der Waals surface area contributed by atoms with Crippen LogP contribution >= 0.6 is 15.9 Å². The van der Waals surface area contributed by atoms with Gasteiger partial charge in [-0.2, -0.15) is 0 Å². The van der Waals surface area contributed by atoms with Crippen LogP contribution in [0, 0.1) is 0 Å². The highest BCUT2D eigenvalue weighted by atomic mass is 79.9. The maximum Gasteiger partial charge on any atom is 0.195 e. The number of aliphatic hydroxyl groups is 1. The molecule has 2 atom stereocenters. The number of rotatable bonds is 3. The van der Waals surface area contributed by atoms with Crippen LogP contribution in [0.15, 0.2) is 65.7 Å². The molecule has 0 aromatic heterocycles. The molecular weight excluding hydrogens is 328 g/mol. The Bertz CT molecular complexity index is 708. The van der Waals surface area contributed by atoms with Gasteiger partial charge >= 0.3 is 0 Å². The van der Waals surface area contributed by atoms with Gasteiger partial charge < -0.3 is 5.11 Å². The minimum Gasteiger partial charge on any atom is -0.380 e. The molecular formula is C18H15BrO2. The molecule has 1 aliphatic carbocycles. The Labute approximate surface area is 132 Å². The van der Waals surface area contributed by atoms with Crippen molar-refractivity contribution in [1.29, 1.82) is 0 Å². The summed E-state index contributed by atoms with van der Waals surface area (Å²) in [4.78, 5) is 12.7. The molecule has 0 radical (unpaired) electrons. The second-order valence-electron chi connectivity index (χ2n) is 5.36. The van der Waals surface area contributed by atoms with Crippen molar-refractivity contribution < 1.29 is 9.90 Å². The molecule has 0 heterocycles. The molecule has 1 N–H and O–H groups in total. The van der Waals surface area contributed by atoms with Crippen molar-refractivity contribution in [2.24, 2.45) is 0 Å². The van der Waals surface area contributed by atoms with Crippen LogP contribution in [0.25, 0.3) is 0 Å². The number of carbonyl (C=O) groups excluding carboxylic acids is 1. The van der Waals surface area contributed by atoms with Gasteiger partial charge in [-0.25, -0.2) is 0 Å². The van der Waals surface area contributed by atoms with Crippen molar-refractivity contribution in [3.8, 4) is 0 Å². The van der Waals surface area contributed by atoms with Crippen molar-refractivity contribution in [3.63, 3.8) is 0 Å². The molecule has 0 saturated carbocycles. The maximum absolute atomic E-state index is 12.7. The Morgan fingerprint density at radius 1 is 1.24 bits per heavy atom. The van der Waals surface area contributed by atoms with Gasteiger partial charge in [-0.15, -0.1) is 6.58 Å². The lowest BCUT2D eigenvalue weighted by Gasteiger charge is -2.29. The van der Waals surface area contributed by atoms with Crippen molar-refractivity contribution in [2.45, 2.75) is 17.9 Å². The summed E-state index contributed by atoms with van der Waals surface area (Å²) in [7, 11) is 0. The van der Waals surface area contributed by atoms with Crippen molar-refractivity contribution in [3.05, 3.63) is 82.3 Å². The highest BCUT2D eigenvalue weighted by Crippen LogP contribution is 2.41. The van der Waals surface area contributed by atoms with Crippen LogP contribution in [0.1, 0.15) is 27.4 Å². The summed E-state index contributed by atoms with van der Waals surface area (Å²) in [6.07, 6.45) is 1.97. The molecule has 0 fully saturated rings. The van der Waals surface area contributed by atoms with Gasteiger partial charge in [0.1, 0.15) is 5.60 Å². The summed E-state index contributed by atoms with van der Waals surface area (Å²) in [5.41, 5.74) is 0.921. The van der Waals surface area contributed by atoms with Crippen LogP contribution in [0.2, 0.25) is 0 Å². The Hall–Kier alpha value is -1.71. The fraction of sp³-hybridized carbons (Fsp3) is 0.167. The van der Waals surface area contributed by atoms with E-state index in [-0.39, 0.29) is 5.78 Å². The smallest absolute Gasteiger partial charge is 0.195 e. The van der Waals surface area contributed by atoms with E-state index in [9.17, 15) is 9.90 Å². The van der Waals surface area contributed by atoms with E-state index < -0.39 is 11.5 Å². The average Bonchev–Trinajstić information content (AvgIpc) is 2.72. The van der Waals surface area contributed by atoms with E-state index in [0.29, 0.717) is 12.0 Å². The second-order valence-corrected chi connectivity index (χ2v) is 6.27. The zero-order valence-electron chi connectivity index (χ0n) is 11.4. The Morgan fingerprint density at radius 2 is 1.95 bits per heavy atom. The van der Waals surface area contributed by atoms with E-state index in [1.165, 1.54) is 0 Å². The number of fused-ring (bicyclic) bond motifs is 1. The molecule has 3 rings (SSSR count). The van der Waals surface area contributed by atoms with E-state index in [2.05, 4.69) is 22.5 Å². The van der Waals surface area contributed by atoms with Gasteiger partial charge in [0.05, 0.1) is 0 Å². The summed E-state index contributed by atoms with van der Waals surface area (Å²) in [6.45, 7) is 3.82. The van der Waals surface area contributed by atoms with Crippen LogP contribution in [-0.4, -0.2) is 16.5 Å². The van der Waals surface area contributed by atoms with Crippen molar-refractivity contribution >= 4 is 21.7 Å². The lowest BCUT2D eigenvalue weighted by atomic mass is 9.79. The predicted molar refractivity (Wildman–Crippen MR) is 86.5 cm³/mol. The first-order valence-electron chi connectivity index (χ1n) is 6.79. The molecule has 0 spiro atoms. The van der Waals surface area contributed by atoms with Gasteiger partial charge in [0.15, 0.2) is 5.78 Å². The third kappa shape index (κ3) is 2.27.